The van der Waals surface area contributed by atoms with Crippen molar-refractivity contribution in [2.24, 2.45) is 0 Å². The fourth-order valence-electron chi connectivity index (χ4n) is 4.78. The van der Waals surface area contributed by atoms with Crippen molar-refractivity contribution in [2.75, 3.05) is 11.5 Å². The Morgan fingerprint density at radius 1 is 0.639 bits per heavy atom. The van der Waals surface area contributed by atoms with Crippen molar-refractivity contribution in [1.82, 2.24) is 0 Å². The first-order valence-corrected chi connectivity index (χ1v) is 15.7. The van der Waals surface area contributed by atoms with Gasteiger partial charge in [0, 0.05) is 0 Å². The summed E-state index contributed by atoms with van der Waals surface area (Å²) in [6, 6.07) is 14.9. The summed E-state index contributed by atoms with van der Waals surface area (Å²) in [5.74, 6) is 1.24. The van der Waals surface area contributed by atoms with Crippen LogP contribution < -0.4 is 0 Å². The van der Waals surface area contributed by atoms with Gasteiger partial charge in [-0.2, -0.15) is 0 Å². The van der Waals surface area contributed by atoms with Gasteiger partial charge in [-0.25, -0.2) is 8.42 Å². The second-order valence-corrected chi connectivity index (χ2v) is 12.1. The van der Waals surface area contributed by atoms with Crippen LogP contribution in [0.25, 0.3) is 11.1 Å². The van der Waals surface area contributed by atoms with Gasteiger partial charge in [-0.05, 0) is 78.6 Å². The van der Waals surface area contributed by atoms with Gasteiger partial charge >= 0.3 is 0 Å². The maximum Gasteiger partial charge on any atom is 0.150 e. The molecule has 36 heavy (non-hydrogen) atoms. The molecule has 2 rings (SSSR count). The molecule has 0 fully saturated rings. The highest BCUT2D eigenvalue weighted by Crippen LogP contribution is 2.34. The molecule has 0 aliphatic rings. The van der Waals surface area contributed by atoms with E-state index in [1.807, 2.05) is 24.3 Å². The monoisotopic (exact) mass is 514 g/mol. The molecule has 0 atom stereocenters. The van der Waals surface area contributed by atoms with Crippen LogP contribution in [0.5, 0.6) is 11.5 Å². The van der Waals surface area contributed by atoms with Crippen LogP contribution in [0.15, 0.2) is 48.5 Å². The van der Waals surface area contributed by atoms with Crippen LogP contribution in [0.1, 0.15) is 108 Å². The molecule has 0 saturated heterocycles. The maximum absolute atomic E-state index is 12.0. The van der Waals surface area contributed by atoms with E-state index in [4.69, 9.17) is 0 Å². The van der Waals surface area contributed by atoms with Crippen LogP contribution in [0.3, 0.4) is 0 Å². The Kier molecular flexibility index (Phi) is 13.7. The summed E-state index contributed by atoms with van der Waals surface area (Å²) in [5, 5.41) is 19.7. The predicted molar refractivity (Wildman–Crippen MR) is 153 cm³/mol. The zero-order valence-electron chi connectivity index (χ0n) is 22.3. The Morgan fingerprint density at radius 3 is 1.81 bits per heavy atom. The molecule has 0 amide bonds. The van der Waals surface area contributed by atoms with Crippen molar-refractivity contribution in [1.29, 1.82) is 0 Å². The lowest BCUT2D eigenvalue weighted by Gasteiger charge is -2.16. The summed E-state index contributed by atoms with van der Waals surface area (Å²) >= 11 is 0. The molecule has 5 heteroatoms. The average molecular weight is 515 g/mol. The first kappa shape index (κ1) is 30.0. The first-order chi connectivity index (χ1) is 17.4. The van der Waals surface area contributed by atoms with E-state index in [1.54, 1.807) is 18.2 Å². The molecule has 0 bridgehead atoms. The van der Waals surface area contributed by atoms with Crippen LogP contribution in [0, 0.1) is 0 Å². The van der Waals surface area contributed by atoms with Gasteiger partial charge in [-0.3, -0.25) is 0 Å². The Balaban J connectivity index is 1.79. The minimum atomic E-state index is -2.86. The summed E-state index contributed by atoms with van der Waals surface area (Å²) in [5.41, 5.74) is 4.69. The Bertz CT molecular complexity index is 1020. The lowest BCUT2D eigenvalue weighted by atomic mass is 9.89. The van der Waals surface area contributed by atoms with E-state index < -0.39 is 9.84 Å². The van der Waals surface area contributed by atoms with Gasteiger partial charge < -0.3 is 10.2 Å². The van der Waals surface area contributed by atoms with Gasteiger partial charge in [0.25, 0.3) is 0 Å². The van der Waals surface area contributed by atoms with E-state index in [-0.39, 0.29) is 11.5 Å². The van der Waals surface area contributed by atoms with Crippen molar-refractivity contribution in [3.8, 4) is 11.5 Å². The van der Waals surface area contributed by atoms with Crippen LogP contribution in [0.2, 0.25) is 0 Å². The number of hydrogen-bond donors (Lipinski definition) is 2. The lowest BCUT2D eigenvalue weighted by molar-refractivity contribution is 0.474. The van der Waals surface area contributed by atoms with Gasteiger partial charge in [0.05, 0.1) is 11.5 Å². The molecule has 2 aromatic rings. The van der Waals surface area contributed by atoms with E-state index in [9.17, 15) is 18.6 Å². The Morgan fingerprint density at radius 2 is 1.22 bits per heavy atom. The highest BCUT2D eigenvalue weighted by Gasteiger charge is 2.12. The van der Waals surface area contributed by atoms with Crippen LogP contribution in [0.4, 0.5) is 0 Å². The molecule has 0 saturated carbocycles. The van der Waals surface area contributed by atoms with Gasteiger partial charge in [0.1, 0.15) is 21.3 Å². The molecule has 0 heterocycles. The zero-order valence-corrected chi connectivity index (χ0v) is 23.2. The van der Waals surface area contributed by atoms with Crippen LogP contribution >= 0.6 is 0 Å². The summed E-state index contributed by atoms with van der Waals surface area (Å²) in [7, 11) is -2.86. The summed E-state index contributed by atoms with van der Waals surface area (Å²) in [6.07, 6.45) is 13.4. The lowest BCUT2D eigenvalue weighted by Crippen LogP contribution is -2.11. The normalized spacial score (nSPS) is 12.5. The average Bonchev–Trinajstić information content (AvgIpc) is 2.85. The number of rotatable bonds is 18. The van der Waals surface area contributed by atoms with E-state index in [0.717, 1.165) is 75.3 Å². The van der Waals surface area contributed by atoms with Crippen molar-refractivity contribution < 1.29 is 18.6 Å². The number of hydrogen-bond acceptors (Lipinski definition) is 4. The predicted octanol–water partition coefficient (Wildman–Crippen LogP) is 8.53. The number of sulfone groups is 1. The topological polar surface area (TPSA) is 74.6 Å². The van der Waals surface area contributed by atoms with Crippen molar-refractivity contribution >= 4 is 21.0 Å². The van der Waals surface area contributed by atoms with E-state index >= 15 is 0 Å². The highest BCUT2D eigenvalue weighted by atomic mass is 32.2. The molecule has 0 spiro atoms. The third-order valence-electron chi connectivity index (χ3n) is 6.82. The third kappa shape index (κ3) is 11.2. The molecule has 0 aromatic heterocycles. The minimum absolute atomic E-state index is 0.266. The molecular formula is C31H46O4S. The minimum Gasteiger partial charge on any atom is -0.508 e. The van der Waals surface area contributed by atoms with Gasteiger partial charge in [-0.15, -0.1) is 0 Å². The first-order valence-electron chi connectivity index (χ1n) is 13.9. The fraction of sp³-hybridized carbons (Fsp3) is 0.548. The van der Waals surface area contributed by atoms with Crippen LogP contribution in [-0.2, 0) is 9.84 Å². The molecule has 2 aromatic carbocycles. The molecular weight excluding hydrogens is 468 g/mol. The zero-order chi connectivity index (χ0) is 26.2. The summed E-state index contributed by atoms with van der Waals surface area (Å²) in [4.78, 5) is 0. The number of unbranched alkanes of at least 4 members (excludes halogenated alkanes) is 9. The Labute approximate surface area is 219 Å². The number of phenolic OH excluding ortho intramolecular Hbond substituents is 2. The maximum atomic E-state index is 12.0. The molecule has 0 unspecified atom stereocenters. The van der Waals surface area contributed by atoms with Gasteiger partial charge in [0.15, 0.2) is 0 Å². The summed E-state index contributed by atoms with van der Waals surface area (Å²) < 4.78 is 24.1. The fourth-order valence-corrected chi connectivity index (χ4v) is 6.27. The number of aromatic hydroxyl groups is 2. The standard InChI is InChI=1S/C31H46O4S/c1-3-5-13-23-36(34,35)24-14-11-9-7-6-8-10-12-18-31(26-19-21-28(32)22-20-26)30(4-2)27-16-15-17-29(33)25-27/h15-17,19-22,25,32-33H,3-14,18,23-24H2,1-2H3/b31-30+. The second-order valence-electron chi connectivity index (χ2n) is 9.85. The number of allylic oxidation sites excluding steroid dienone is 2. The SMILES string of the molecule is CCCCCS(=O)(=O)CCCCCCCCCC/C(=C(/CC)c1cccc(O)c1)c1ccc(O)cc1. The number of benzene rings is 2. The quantitative estimate of drug-likeness (QED) is 0.154. The van der Waals surface area contributed by atoms with Gasteiger partial charge in [-0.1, -0.05) is 89.5 Å². The second kappa shape index (κ2) is 16.5. The van der Waals surface area contributed by atoms with E-state index in [2.05, 4.69) is 19.9 Å². The Hall–Kier alpha value is -2.27. The molecule has 0 radical (unpaired) electrons. The molecule has 0 aliphatic heterocycles. The van der Waals surface area contributed by atoms with E-state index in [1.165, 1.54) is 30.4 Å². The van der Waals surface area contributed by atoms with E-state index in [0.29, 0.717) is 11.5 Å². The van der Waals surface area contributed by atoms with Gasteiger partial charge in [0.2, 0.25) is 0 Å². The van der Waals surface area contributed by atoms with Crippen molar-refractivity contribution in [2.45, 2.75) is 97.3 Å². The molecule has 0 aliphatic carbocycles. The smallest absolute Gasteiger partial charge is 0.150 e. The molecule has 4 nitrogen and oxygen atoms in total. The molecule has 200 valence electrons. The van der Waals surface area contributed by atoms with Crippen molar-refractivity contribution in [3.63, 3.8) is 0 Å². The van der Waals surface area contributed by atoms with Crippen LogP contribution in [-0.4, -0.2) is 30.1 Å². The summed E-state index contributed by atoms with van der Waals surface area (Å²) in [6.45, 7) is 4.24. The third-order valence-corrected chi connectivity index (χ3v) is 8.64. The van der Waals surface area contributed by atoms with Crippen molar-refractivity contribution in [3.05, 3.63) is 59.7 Å². The largest absolute Gasteiger partial charge is 0.508 e. The highest BCUT2D eigenvalue weighted by molar-refractivity contribution is 7.91. The number of phenols is 2. The molecule has 2 N–H and O–H groups in total.